The molecule has 2 nitrogen and oxygen atoms in total. The Bertz CT molecular complexity index is 315. The molecule has 1 aromatic carbocycles. The van der Waals surface area contributed by atoms with Crippen LogP contribution in [0.3, 0.4) is 0 Å². The molecule has 0 aromatic heterocycles. The lowest BCUT2D eigenvalue weighted by atomic mass is 10.1. The number of benzene rings is 1. The van der Waals surface area contributed by atoms with Crippen molar-refractivity contribution in [2.75, 3.05) is 18.6 Å². The lowest BCUT2D eigenvalue weighted by Gasteiger charge is -2.13. The summed E-state index contributed by atoms with van der Waals surface area (Å²) in [4.78, 5) is 0. The van der Waals surface area contributed by atoms with Crippen LogP contribution in [0.25, 0.3) is 0 Å². The molecule has 0 aliphatic carbocycles. The van der Waals surface area contributed by atoms with E-state index in [1.807, 2.05) is 6.26 Å². The third-order valence-electron chi connectivity index (χ3n) is 1.97. The van der Waals surface area contributed by atoms with Crippen molar-refractivity contribution in [1.29, 1.82) is 0 Å². The summed E-state index contributed by atoms with van der Waals surface area (Å²) in [6.07, 6.45) is 1.27. The molecule has 0 unspecified atom stereocenters. The number of ether oxygens (including phenoxy) is 1. The van der Waals surface area contributed by atoms with Gasteiger partial charge in [-0.15, -0.1) is 0 Å². The highest BCUT2D eigenvalue weighted by Crippen LogP contribution is 2.25. The zero-order chi connectivity index (χ0) is 11.3. The van der Waals surface area contributed by atoms with Crippen molar-refractivity contribution in [2.45, 2.75) is 13.0 Å². The average molecular weight is 230 g/mol. The van der Waals surface area contributed by atoms with Gasteiger partial charge in [-0.2, -0.15) is 11.8 Å². The molecule has 4 heteroatoms. The SMILES string of the molecule is CSCCOc1ccc(F)cc1[C@H](C)O. The van der Waals surface area contributed by atoms with Crippen LogP contribution in [0, 0.1) is 5.82 Å². The molecule has 15 heavy (non-hydrogen) atoms. The van der Waals surface area contributed by atoms with Crippen molar-refractivity contribution in [3.63, 3.8) is 0 Å². The van der Waals surface area contributed by atoms with E-state index < -0.39 is 6.10 Å². The smallest absolute Gasteiger partial charge is 0.125 e. The first-order chi connectivity index (χ1) is 7.15. The highest BCUT2D eigenvalue weighted by molar-refractivity contribution is 7.98. The van der Waals surface area contributed by atoms with E-state index in [1.54, 1.807) is 24.8 Å². The molecule has 0 saturated heterocycles. The first-order valence-corrected chi connectivity index (χ1v) is 6.13. The van der Waals surface area contributed by atoms with Gasteiger partial charge in [0.05, 0.1) is 12.7 Å². The van der Waals surface area contributed by atoms with Gasteiger partial charge in [0, 0.05) is 11.3 Å². The van der Waals surface area contributed by atoms with Gasteiger partial charge in [-0.3, -0.25) is 0 Å². The molecule has 0 amide bonds. The van der Waals surface area contributed by atoms with Crippen molar-refractivity contribution in [3.05, 3.63) is 29.6 Å². The quantitative estimate of drug-likeness (QED) is 0.788. The minimum absolute atomic E-state index is 0.358. The molecule has 0 radical (unpaired) electrons. The fourth-order valence-corrected chi connectivity index (χ4v) is 1.46. The predicted molar refractivity (Wildman–Crippen MR) is 60.9 cm³/mol. The van der Waals surface area contributed by atoms with Crippen molar-refractivity contribution < 1.29 is 14.2 Å². The highest BCUT2D eigenvalue weighted by Gasteiger charge is 2.10. The van der Waals surface area contributed by atoms with Gasteiger partial charge < -0.3 is 9.84 Å². The Morgan fingerprint density at radius 2 is 2.27 bits per heavy atom. The van der Waals surface area contributed by atoms with Crippen LogP contribution in [0.15, 0.2) is 18.2 Å². The van der Waals surface area contributed by atoms with Crippen molar-refractivity contribution in [2.24, 2.45) is 0 Å². The Morgan fingerprint density at radius 3 is 2.87 bits per heavy atom. The van der Waals surface area contributed by atoms with Gasteiger partial charge in [0.2, 0.25) is 0 Å². The van der Waals surface area contributed by atoms with Crippen LogP contribution in [0.2, 0.25) is 0 Å². The first kappa shape index (κ1) is 12.3. The molecule has 1 N–H and O–H groups in total. The second-order valence-corrected chi connectivity index (χ2v) is 4.18. The predicted octanol–water partition coefficient (Wildman–Crippen LogP) is 2.62. The van der Waals surface area contributed by atoms with E-state index in [-0.39, 0.29) is 5.82 Å². The number of aliphatic hydroxyl groups is 1. The summed E-state index contributed by atoms with van der Waals surface area (Å²) < 4.78 is 18.4. The van der Waals surface area contributed by atoms with Gasteiger partial charge in [0.1, 0.15) is 11.6 Å². The maximum absolute atomic E-state index is 12.9. The molecule has 1 atom stereocenters. The van der Waals surface area contributed by atoms with Gasteiger partial charge in [0.25, 0.3) is 0 Å². The van der Waals surface area contributed by atoms with E-state index in [9.17, 15) is 9.50 Å². The highest BCUT2D eigenvalue weighted by atomic mass is 32.2. The van der Waals surface area contributed by atoms with Crippen LogP contribution >= 0.6 is 11.8 Å². The molecule has 0 fully saturated rings. The van der Waals surface area contributed by atoms with Gasteiger partial charge in [-0.05, 0) is 31.4 Å². The van der Waals surface area contributed by atoms with Crippen LogP contribution in [0.5, 0.6) is 5.75 Å². The lowest BCUT2D eigenvalue weighted by Crippen LogP contribution is -2.04. The summed E-state index contributed by atoms with van der Waals surface area (Å²) in [5.41, 5.74) is 0.496. The summed E-state index contributed by atoms with van der Waals surface area (Å²) in [6.45, 7) is 2.16. The van der Waals surface area contributed by atoms with E-state index in [1.165, 1.54) is 12.1 Å². The third-order valence-corrected chi connectivity index (χ3v) is 2.54. The normalized spacial score (nSPS) is 12.5. The lowest BCUT2D eigenvalue weighted by molar-refractivity contribution is 0.191. The summed E-state index contributed by atoms with van der Waals surface area (Å²) in [6, 6.07) is 4.19. The van der Waals surface area contributed by atoms with E-state index in [4.69, 9.17) is 4.74 Å². The Hall–Kier alpha value is -0.740. The fraction of sp³-hybridized carbons (Fsp3) is 0.455. The van der Waals surface area contributed by atoms with Crippen molar-refractivity contribution in [3.8, 4) is 5.75 Å². The molecule has 84 valence electrons. The van der Waals surface area contributed by atoms with Crippen molar-refractivity contribution in [1.82, 2.24) is 0 Å². The van der Waals surface area contributed by atoms with Crippen LogP contribution in [0.4, 0.5) is 4.39 Å². The Kier molecular flexibility index (Phi) is 4.91. The second kappa shape index (κ2) is 5.98. The maximum Gasteiger partial charge on any atom is 0.125 e. The minimum atomic E-state index is -0.718. The topological polar surface area (TPSA) is 29.5 Å². The average Bonchev–Trinajstić information content (AvgIpc) is 2.20. The third kappa shape index (κ3) is 3.72. The van der Waals surface area contributed by atoms with Crippen LogP contribution in [-0.2, 0) is 0 Å². The van der Waals surface area contributed by atoms with Gasteiger partial charge in [-0.25, -0.2) is 4.39 Å². The molecular formula is C11H15FO2S. The summed E-state index contributed by atoms with van der Waals surface area (Å²) in [5, 5.41) is 9.43. The molecule has 0 aliphatic rings. The van der Waals surface area contributed by atoms with Crippen molar-refractivity contribution >= 4 is 11.8 Å². The Balaban J connectivity index is 2.77. The molecule has 0 saturated carbocycles. The van der Waals surface area contributed by atoms with Crippen LogP contribution < -0.4 is 4.74 Å². The van der Waals surface area contributed by atoms with Gasteiger partial charge >= 0.3 is 0 Å². The Morgan fingerprint density at radius 1 is 1.53 bits per heavy atom. The molecule has 0 spiro atoms. The first-order valence-electron chi connectivity index (χ1n) is 4.74. The number of rotatable bonds is 5. The van der Waals surface area contributed by atoms with E-state index in [0.717, 1.165) is 5.75 Å². The number of hydrogen-bond acceptors (Lipinski definition) is 3. The van der Waals surface area contributed by atoms with Gasteiger partial charge in [-0.1, -0.05) is 0 Å². The van der Waals surface area contributed by atoms with Crippen LogP contribution in [-0.4, -0.2) is 23.7 Å². The Labute approximate surface area is 93.5 Å². The monoisotopic (exact) mass is 230 g/mol. The number of halogens is 1. The van der Waals surface area contributed by atoms with E-state index >= 15 is 0 Å². The standard InChI is InChI=1S/C11H15FO2S/c1-8(13)10-7-9(12)3-4-11(10)14-5-6-15-2/h3-4,7-8,13H,5-6H2,1-2H3/t8-/m0/s1. The fourth-order valence-electron chi connectivity index (χ4n) is 1.21. The summed E-state index contributed by atoms with van der Waals surface area (Å²) in [7, 11) is 0. The van der Waals surface area contributed by atoms with E-state index in [0.29, 0.717) is 17.9 Å². The number of thioether (sulfide) groups is 1. The zero-order valence-corrected chi connectivity index (χ0v) is 9.68. The van der Waals surface area contributed by atoms with Crippen LogP contribution in [0.1, 0.15) is 18.6 Å². The number of hydrogen-bond donors (Lipinski definition) is 1. The molecule has 1 rings (SSSR count). The zero-order valence-electron chi connectivity index (χ0n) is 8.87. The van der Waals surface area contributed by atoms with E-state index in [2.05, 4.69) is 0 Å². The molecular weight excluding hydrogens is 215 g/mol. The summed E-state index contributed by atoms with van der Waals surface area (Å²) in [5.74, 6) is 1.07. The minimum Gasteiger partial charge on any atom is -0.492 e. The molecule has 0 heterocycles. The molecule has 0 aliphatic heterocycles. The largest absolute Gasteiger partial charge is 0.492 e. The maximum atomic E-state index is 12.9. The molecule has 0 bridgehead atoms. The van der Waals surface area contributed by atoms with Gasteiger partial charge in [0.15, 0.2) is 0 Å². The number of aliphatic hydroxyl groups excluding tert-OH is 1. The molecule has 1 aromatic rings. The second-order valence-electron chi connectivity index (χ2n) is 3.20. The summed E-state index contributed by atoms with van der Waals surface area (Å²) >= 11 is 1.68.